The first-order valence-corrected chi connectivity index (χ1v) is 10.0. The van der Waals surface area contributed by atoms with E-state index in [1.807, 2.05) is 30.3 Å². The molecule has 1 saturated carbocycles. The first-order valence-electron chi connectivity index (χ1n) is 10.0. The van der Waals surface area contributed by atoms with Crippen molar-refractivity contribution < 1.29 is 14.3 Å². The zero-order valence-corrected chi connectivity index (χ0v) is 16.4. The molecule has 3 rings (SSSR count). The summed E-state index contributed by atoms with van der Waals surface area (Å²) in [5.74, 6) is 1.50. The maximum atomic E-state index is 12.5. The lowest BCUT2D eigenvalue weighted by atomic mass is 10.1. The van der Waals surface area contributed by atoms with Gasteiger partial charge in [-0.15, -0.1) is 0 Å². The minimum Gasteiger partial charge on any atom is -0.497 e. The number of aromatic nitrogens is 1. The molecule has 150 valence electrons. The molecule has 0 radical (unpaired) electrons. The molecule has 0 unspecified atom stereocenters. The van der Waals surface area contributed by atoms with Gasteiger partial charge in [0.1, 0.15) is 23.8 Å². The van der Waals surface area contributed by atoms with Crippen LogP contribution < -0.4 is 20.1 Å². The van der Waals surface area contributed by atoms with Crippen molar-refractivity contribution in [3.05, 3.63) is 48.3 Å². The number of nitrogens with zero attached hydrogens (tertiary/aromatic N) is 1. The fourth-order valence-corrected chi connectivity index (χ4v) is 3.38. The molecular formula is C22H29N3O3. The van der Waals surface area contributed by atoms with E-state index in [2.05, 4.69) is 15.6 Å². The summed E-state index contributed by atoms with van der Waals surface area (Å²) in [5, 5.41) is 6.41. The Labute approximate surface area is 166 Å². The van der Waals surface area contributed by atoms with Crippen molar-refractivity contribution in [2.75, 3.05) is 25.6 Å². The highest BCUT2D eigenvalue weighted by Crippen LogP contribution is 2.18. The molecule has 2 aromatic rings. The molecule has 1 aliphatic carbocycles. The second-order valence-corrected chi connectivity index (χ2v) is 7.04. The third-order valence-corrected chi connectivity index (χ3v) is 4.94. The Morgan fingerprint density at radius 1 is 1.07 bits per heavy atom. The van der Waals surface area contributed by atoms with Gasteiger partial charge in [-0.3, -0.25) is 9.78 Å². The molecular weight excluding hydrogens is 354 g/mol. The number of pyridine rings is 1. The molecule has 1 aliphatic rings. The SMILES string of the molecule is COc1ccc(OCCNc2ccnc(C(=O)NC3CCCCCC3)c2)cc1. The van der Waals surface area contributed by atoms with Crippen molar-refractivity contribution >= 4 is 11.6 Å². The van der Waals surface area contributed by atoms with Crippen LogP contribution in [0.2, 0.25) is 0 Å². The molecule has 1 aromatic heterocycles. The number of methoxy groups -OCH3 is 1. The van der Waals surface area contributed by atoms with Gasteiger partial charge in [0.25, 0.3) is 5.91 Å². The van der Waals surface area contributed by atoms with Gasteiger partial charge in [-0.05, 0) is 49.2 Å². The number of amides is 1. The highest BCUT2D eigenvalue weighted by Gasteiger charge is 2.16. The number of anilines is 1. The first-order chi connectivity index (χ1) is 13.7. The van der Waals surface area contributed by atoms with Crippen LogP contribution in [0.15, 0.2) is 42.6 Å². The summed E-state index contributed by atoms with van der Waals surface area (Å²) >= 11 is 0. The number of carbonyl (C=O) groups excluding carboxylic acids is 1. The fraction of sp³-hybridized carbons (Fsp3) is 0.455. The van der Waals surface area contributed by atoms with Crippen LogP contribution in [0.1, 0.15) is 49.0 Å². The Balaban J connectivity index is 1.45. The van der Waals surface area contributed by atoms with Crippen LogP contribution in [0.4, 0.5) is 5.69 Å². The van der Waals surface area contributed by atoms with Crippen molar-refractivity contribution in [2.24, 2.45) is 0 Å². The van der Waals surface area contributed by atoms with E-state index in [9.17, 15) is 4.79 Å². The van der Waals surface area contributed by atoms with Gasteiger partial charge < -0.3 is 20.1 Å². The lowest BCUT2D eigenvalue weighted by Crippen LogP contribution is -2.34. The van der Waals surface area contributed by atoms with Crippen molar-refractivity contribution in [2.45, 2.75) is 44.6 Å². The molecule has 1 amide bonds. The largest absolute Gasteiger partial charge is 0.497 e. The molecule has 6 heteroatoms. The summed E-state index contributed by atoms with van der Waals surface area (Å²) in [7, 11) is 1.64. The normalized spacial score (nSPS) is 14.8. The molecule has 0 aliphatic heterocycles. The van der Waals surface area contributed by atoms with Gasteiger partial charge in [0.05, 0.1) is 7.11 Å². The summed E-state index contributed by atoms with van der Waals surface area (Å²) in [6.45, 7) is 1.14. The number of hydrogen-bond donors (Lipinski definition) is 2. The van der Waals surface area contributed by atoms with Crippen molar-refractivity contribution in [3.8, 4) is 11.5 Å². The van der Waals surface area contributed by atoms with E-state index in [-0.39, 0.29) is 11.9 Å². The minimum atomic E-state index is -0.0926. The van der Waals surface area contributed by atoms with E-state index in [4.69, 9.17) is 9.47 Å². The molecule has 28 heavy (non-hydrogen) atoms. The van der Waals surface area contributed by atoms with Gasteiger partial charge >= 0.3 is 0 Å². The molecule has 0 spiro atoms. The van der Waals surface area contributed by atoms with Gasteiger partial charge in [0.2, 0.25) is 0 Å². The Hall–Kier alpha value is -2.76. The predicted molar refractivity (Wildman–Crippen MR) is 110 cm³/mol. The summed E-state index contributed by atoms with van der Waals surface area (Å²) in [6.07, 6.45) is 8.70. The minimum absolute atomic E-state index is 0.0926. The van der Waals surface area contributed by atoms with Gasteiger partial charge in [0.15, 0.2) is 0 Å². The van der Waals surface area contributed by atoms with Crippen molar-refractivity contribution in [1.29, 1.82) is 0 Å². The zero-order chi connectivity index (χ0) is 19.6. The molecule has 0 atom stereocenters. The number of carbonyl (C=O) groups is 1. The van der Waals surface area contributed by atoms with Gasteiger partial charge in [-0.1, -0.05) is 25.7 Å². The number of hydrogen-bond acceptors (Lipinski definition) is 5. The molecule has 0 saturated heterocycles. The Kier molecular flexibility index (Phi) is 7.53. The topological polar surface area (TPSA) is 72.5 Å². The van der Waals surface area contributed by atoms with Crippen LogP contribution in [0, 0.1) is 0 Å². The first kappa shape index (κ1) is 20.0. The number of benzene rings is 1. The summed E-state index contributed by atoms with van der Waals surface area (Å²) in [4.78, 5) is 16.7. The number of ether oxygens (including phenoxy) is 2. The molecule has 2 N–H and O–H groups in total. The van der Waals surface area contributed by atoms with Gasteiger partial charge in [0, 0.05) is 24.5 Å². The van der Waals surface area contributed by atoms with Crippen molar-refractivity contribution in [1.82, 2.24) is 10.3 Å². The van der Waals surface area contributed by atoms with E-state index in [0.717, 1.165) is 30.0 Å². The third kappa shape index (κ3) is 6.15. The van der Waals surface area contributed by atoms with Crippen LogP contribution in [0.25, 0.3) is 0 Å². The summed E-state index contributed by atoms with van der Waals surface area (Å²) in [5.41, 5.74) is 1.31. The van der Waals surface area contributed by atoms with Crippen LogP contribution in [-0.4, -0.2) is 37.2 Å². The molecule has 6 nitrogen and oxygen atoms in total. The molecule has 1 heterocycles. The highest BCUT2D eigenvalue weighted by atomic mass is 16.5. The second-order valence-electron chi connectivity index (χ2n) is 7.04. The van der Waals surface area contributed by atoms with E-state index in [1.54, 1.807) is 19.4 Å². The van der Waals surface area contributed by atoms with E-state index in [0.29, 0.717) is 18.8 Å². The van der Waals surface area contributed by atoms with Crippen molar-refractivity contribution in [3.63, 3.8) is 0 Å². The second kappa shape index (κ2) is 10.5. The Morgan fingerprint density at radius 2 is 1.79 bits per heavy atom. The Morgan fingerprint density at radius 3 is 2.50 bits per heavy atom. The molecule has 1 aromatic carbocycles. The monoisotopic (exact) mass is 383 g/mol. The third-order valence-electron chi connectivity index (χ3n) is 4.94. The molecule has 1 fully saturated rings. The number of rotatable bonds is 8. The average Bonchev–Trinajstić information content (AvgIpc) is 3.00. The standard InChI is InChI=1S/C22H29N3O3/c1-27-19-8-10-20(11-9-19)28-15-14-23-18-12-13-24-21(16-18)22(26)25-17-6-4-2-3-5-7-17/h8-13,16-17H,2-7,14-15H2,1H3,(H,23,24)(H,25,26). The van der Waals surface area contributed by atoms with Crippen LogP contribution in [0.5, 0.6) is 11.5 Å². The molecule has 0 bridgehead atoms. The maximum absolute atomic E-state index is 12.5. The lowest BCUT2D eigenvalue weighted by Gasteiger charge is -2.16. The van der Waals surface area contributed by atoms with Gasteiger partial charge in [-0.25, -0.2) is 0 Å². The van der Waals surface area contributed by atoms with Gasteiger partial charge in [-0.2, -0.15) is 0 Å². The number of nitrogens with one attached hydrogen (secondary N) is 2. The smallest absolute Gasteiger partial charge is 0.270 e. The quantitative estimate of drug-likeness (QED) is 0.532. The van der Waals surface area contributed by atoms with E-state index >= 15 is 0 Å². The lowest BCUT2D eigenvalue weighted by molar-refractivity contribution is 0.0928. The average molecular weight is 383 g/mol. The Bertz CT molecular complexity index is 741. The van der Waals surface area contributed by atoms with Crippen LogP contribution in [-0.2, 0) is 0 Å². The predicted octanol–water partition coefficient (Wildman–Crippen LogP) is 4.03. The highest BCUT2D eigenvalue weighted by molar-refractivity contribution is 5.93. The zero-order valence-electron chi connectivity index (χ0n) is 16.4. The maximum Gasteiger partial charge on any atom is 0.270 e. The van der Waals surface area contributed by atoms with Crippen LogP contribution in [0.3, 0.4) is 0 Å². The summed E-state index contributed by atoms with van der Waals surface area (Å²) in [6, 6.07) is 11.4. The summed E-state index contributed by atoms with van der Waals surface area (Å²) < 4.78 is 10.8. The fourth-order valence-electron chi connectivity index (χ4n) is 3.38. The van der Waals surface area contributed by atoms with E-state index < -0.39 is 0 Å². The van der Waals surface area contributed by atoms with E-state index in [1.165, 1.54) is 25.7 Å². The van der Waals surface area contributed by atoms with Crippen LogP contribution >= 0.6 is 0 Å².